The van der Waals surface area contributed by atoms with Crippen LogP contribution < -0.4 is 21.1 Å². The van der Waals surface area contributed by atoms with Crippen LogP contribution in [0.4, 0.5) is 5.69 Å². The van der Waals surface area contributed by atoms with Gasteiger partial charge in [-0.3, -0.25) is 14.4 Å². The third-order valence-electron chi connectivity index (χ3n) is 4.73. The van der Waals surface area contributed by atoms with E-state index in [-0.39, 0.29) is 12.3 Å². The Labute approximate surface area is 186 Å². The Morgan fingerprint density at radius 2 is 1.53 bits per heavy atom. The molecule has 164 valence electrons. The second kappa shape index (κ2) is 10.8. The van der Waals surface area contributed by atoms with Crippen LogP contribution in [0.25, 0.3) is 0 Å². The Balaban J connectivity index is 1.58. The topological polar surface area (TPSA) is 111 Å². The van der Waals surface area contributed by atoms with Crippen molar-refractivity contribution in [3.63, 3.8) is 0 Å². The summed E-state index contributed by atoms with van der Waals surface area (Å²) in [5.41, 5.74) is 8.34. The summed E-state index contributed by atoms with van der Waals surface area (Å²) in [5.74, 6) is -0.549. The van der Waals surface area contributed by atoms with Crippen molar-refractivity contribution in [1.29, 1.82) is 0 Å². The van der Waals surface area contributed by atoms with Crippen molar-refractivity contribution < 1.29 is 19.1 Å². The zero-order valence-corrected chi connectivity index (χ0v) is 17.7. The van der Waals surface area contributed by atoms with Crippen LogP contribution in [-0.4, -0.2) is 23.8 Å². The molecule has 0 spiro atoms. The highest BCUT2D eigenvalue weighted by atomic mass is 16.5. The Kier molecular flexibility index (Phi) is 7.59. The molecule has 0 unspecified atom stereocenters. The largest absolute Gasteiger partial charge is 0.489 e. The fourth-order valence-corrected chi connectivity index (χ4v) is 3.07. The van der Waals surface area contributed by atoms with Gasteiger partial charge in [-0.2, -0.15) is 0 Å². The molecule has 0 bridgehead atoms. The number of ether oxygens (including phenoxy) is 1. The monoisotopic (exact) mass is 431 g/mol. The van der Waals surface area contributed by atoms with E-state index in [0.717, 1.165) is 11.1 Å². The molecule has 0 aliphatic rings. The minimum atomic E-state index is -0.867. The normalized spacial score (nSPS) is 11.3. The van der Waals surface area contributed by atoms with Gasteiger partial charge in [-0.25, -0.2) is 0 Å². The van der Waals surface area contributed by atoms with Crippen LogP contribution in [0.15, 0.2) is 78.9 Å². The lowest BCUT2D eigenvalue weighted by Gasteiger charge is -2.16. The molecule has 3 rings (SSSR count). The molecule has 0 aliphatic carbocycles. The molecule has 0 fully saturated rings. The van der Waals surface area contributed by atoms with Crippen molar-refractivity contribution in [3.05, 3.63) is 95.6 Å². The van der Waals surface area contributed by atoms with E-state index in [1.165, 1.54) is 6.92 Å². The molecule has 1 atom stereocenters. The van der Waals surface area contributed by atoms with E-state index in [2.05, 4.69) is 10.6 Å². The van der Waals surface area contributed by atoms with Gasteiger partial charge in [0.1, 0.15) is 18.4 Å². The zero-order chi connectivity index (χ0) is 22.9. The Bertz CT molecular complexity index is 1060. The average Bonchev–Trinajstić information content (AvgIpc) is 2.79. The molecular formula is C25H25N3O4. The van der Waals surface area contributed by atoms with Crippen molar-refractivity contribution in [3.8, 4) is 5.75 Å². The molecule has 3 amide bonds. The predicted octanol–water partition coefficient (Wildman–Crippen LogP) is 3.05. The third-order valence-corrected chi connectivity index (χ3v) is 4.73. The molecule has 3 aromatic carbocycles. The summed E-state index contributed by atoms with van der Waals surface area (Å²) in [6, 6.07) is 22.6. The Hall–Kier alpha value is -4.13. The highest BCUT2D eigenvalue weighted by Gasteiger charge is 2.19. The molecule has 0 saturated heterocycles. The van der Waals surface area contributed by atoms with Gasteiger partial charge in [0.15, 0.2) is 0 Å². The van der Waals surface area contributed by atoms with Crippen molar-refractivity contribution in [2.75, 3.05) is 5.32 Å². The first-order valence-corrected chi connectivity index (χ1v) is 10.1. The summed E-state index contributed by atoms with van der Waals surface area (Å²) in [7, 11) is 0. The number of nitrogens with two attached hydrogens (primary N) is 1. The molecule has 4 N–H and O–H groups in total. The van der Waals surface area contributed by atoms with Crippen molar-refractivity contribution in [2.24, 2.45) is 5.73 Å². The first-order chi connectivity index (χ1) is 15.4. The number of amides is 3. The standard InChI is InChI=1S/C25H25N3O4/c1-17(29)27-21-11-9-20(10-12-21)25(31)28-23(24(26)30)15-18-7-13-22(14-8-18)32-16-19-5-3-2-4-6-19/h2-14,23H,15-16H2,1H3,(H2,26,30)(H,27,29)(H,28,31)/t23-/m0/s1. The number of primary amides is 1. The SMILES string of the molecule is CC(=O)Nc1ccc(C(=O)N[C@@H](Cc2ccc(OCc3ccccc3)cc2)C(N)=O)cc1. The van der Waals surface area contributed by atoms with Crippen LogP contribution in [0.1, 0.15) is 28.4 Å². The smallest absolute Gasteiger partial charge is 0.251 e. The molecule has 0 heterocycles. The molecule has 0 aliphatic heterocycles. The quantitative estimate of drug-likeness (QED) is 0.484. The third kappa shape index (κ3) is 6.70. The summed E-state index contributed by atoms with van der Waals surface area (Å²) in [6.07, 6.45) is 0.254. The van der Waals surface area contributed by atoms with E-state index >= 15 is 0 Å². The molecule has 0 radical (unpaired) electrons. The number of carbonyl (C=O) groups is 3. The number of carbonyl (C=O) groups excluding carboxylic acids is 3. The van der Waals surface area contributed by atoms with Gasteiger partial charge in [0.05, 0.1) is 0 Å². The average molecular weight is 431 g/mol. The van der Waals surface area contributed by atoms with Crippen LogP contribution in [0.5, 0.6) is 5.75 Å². The van der Waals surface area contributed by atoms with Gasteiger partial charge in [-0.05, 0) is 47.5 Å². The lowest BCUT2D eigenvalue weighted by Crippen LogP contribution is -2.45. The number of hydrogen-bond acceptors (Lipinski definition) is 4. The van der Waals surface area contributed by atoms with Gasteiger partial charge in [0, 0.05) is 24.6 Å². The molecule has 3 aromatic rings. The Morgan fingerprint density at radius 1 is 0.875 bits per heavy atom. The van der Waals surface area contributed by atoms with Crippen LogP contribution in [-0.2, 0) is 22.6 Å². The number of benzene rings is 3. The van der Waals surface area contributed by atoms with E-state index < -0.39 is 17.9 Å². The van der Waals surface area contributed by atoms with E-state index in [0.29, 0.717) is 23.6 Å². The highest BCUT2D eigenvalue weighted by molar-refractivity contribution is 5.98. The maximum Gasteiger partial charge on any atom is 0.251 e. The fraction of sp³-hybridized carbons (Fsp3) is 0.160. The van der Waals surface area contributed by atoms with Crippen molar-refractivity contribution in [2.45, 2.75) is 26.0 Å². The van der Waals surface area contributed by atoms with Crippen LogP contribution >= 0.6 is 0 Å². The van der Waals surface area contributed by atoms with Crippen LogP contribution in [0.2, 0.25) is 0 Å². The molecule has 7 nitrogen and oxygen atoms in total. The maximum absolute atomic E-state index is 12.5. The summed E-state index contributed by atoms with van der Waals surface area (Å²) >= 11 is 0. The summed E-state index contributed by atoms with van der Waals surface area (Å²) in [5, 5.41) is 5.30. The van der Waals surface area contributed by atoms with E-state index in [4.69, 9.17) is 10.5 Å². The first-order valence-electron chi connectivity index (χ1n) is 10.1. The van der Waals surface area contributed by atoms with E-state index in [9.17, 15) is 14.4 Å². The zero-order valence-electron chi connectivity index (χ0n) is 17.7. The number of rotatable bonds is 9. The summed E-state index contributed by atoms with van der Waals surface area (Å²) < 4.78 is 5.77. The van der Waals surface area contributed by atoms with Gasteiger partial charge in [-0.15, -0.1) is 0 Å². The van der Waals surface area contributed by atoms with Gasteiger partial charge < -0.3 is 21.1 Å². The summed E-state index contributed by atoms with van der Waals surface area (Å²) in [6.45, 7) is 1.86. The number of nitrogens with one attached hydrogen (secondary N) is 2. The fourth-order valence-electron chi connectivity index (χ4n) is 3.07. The minimum Gasteiger partial charge on any atom is -0.489 e. The number of hydrogen-bond donors (Lipinski definition) is 3. The van der Waals surface area contributed by atoms with Crippen molar-refractivity contribution >= 4 is 23.4 Å². The first kappa shape index (κ1) is 22.6. The second-order valence-corrected chi connectivity index (χ2v) is 7.31. The second-order valence-electron chi connectivity index (χ2n) is 7.31. The van der Waals surface area contributed by atoms with Crippen LogP contribution in [0, 0.1) is 0 Å². The highest BCUT2D eigenvalue weighted by Crippen LogP contribution is 2.16. The van der Waals surface area contributed by atoms with Crippen molar-refractivity contribution in [1.82, 2.24) is 5.32 Å². The molecule has 7 heteroatoms. The van der Waals surface area contributed by atoms with Gasteiger partial charge in [0.2, 0.25) is 11.8 Å². The van der Waals surface area contributed by atoms with E-state index in [1.54, 1.807) is 24.3 Å². The number of anilines is 1. The minimum absolute atomic E-state index is 0.201. The molecule has 0 saturated carbocycles. The van der Waals surface area contributed by atoms with Crippen LogP contribution in [0.3, 0.4) is 0 Å². The van der Waals surface area contributed by atoms with Gasteiger partial charge in [-0.1, -0.05) is 42.5 Å². The van der Waals surface area contributed by atoms with E-state index in [1.807, 2.05) is 54.6 Å². The van der Waals surface area contributed by atoms with Gasteiger partial charge in [0.25, 0.3) is 5.91 Å². The lowest BCUT2D eigenvalue weighted by atomic mass is 10.0. The molecule has 32 heavy (non-hydrogen) atoms. The molecule has 0 aromatic heterocycles. The van der Waals surface area contributed by atoms with Gasteiger partial charge >= 0.3 is 0 Å². The predicted molar refractivity (Wildman–Crippen MR) is 122 cm³/mol. The Morgan fingerprint density at radius 3 is 2.12 bits per heavy atom. The lowest BCUT2D eigenvalue weighted by molar-refractivity contribution is -0.119. The maximum atomic E-state index is 12.5. The molecular weight excluding hydrogens is 406 g/mol. The summed E-state index contributed by atoms with van der Waals surface area (Å²) in [4.78, 5) is 35.5.